The van der Waals surface area contributed by atoms with E-state index in [9.17, 15) is 9.59 Å². The zero-order chi connectivity index (χ0) is 14.4. The van der Waals surface area contributed by atoms with Crippen molar-refractivity contribution in [1.82, 2.24) is 4.90 Å². The SMILES string of the molecule is O=C(O)[C@H]1CCCCN1C(=O)CCOc1ccccc1. The molecule has 0 aliphatic carbocycles. The smallest absolute Gasteiger partial charge is 0.326 e. The van der Waals surface area contributed by atoms with Crippen molar-refractivity contribution < 1.29 is 19.4 Å². The predicted octanol–water partition coefficient (Wildman–Crippen LogP) is 1.92. The molecule has 1 amide bonds. The number of ether oxygens (including phenoxy) is 1. The van der Waals surface area contributed by atoms with Crippen LogP contribution in [0, 0.1) is 0 Å². The van der Waals surface area contributed by atoms with Crippen LogP contribution in [0.25, 0.3) is 0 Å². The van der Waals surface area contributed by atoms with Crippen LogP contribution in [0.3, 0.4) is 0 Å². The lowest BCUT2D eigenvalue weighted by atomic mass is 10.0. The highest BCUT2D eigenvalue weighted by molar-refractivity contribution is 5.83. The van der Waals surface area contributed by atoms with Crippen molar-refractivity contribution in [2.24, 2.45) is 0 Å². The fraction of sp³-hybridized carbons (Fsp3) is 0.467. The summed E-state index contributed by atoms with van der Waals surface area (Å²) in [6.45, 7) is 0.798. The number of carbonyl (C=O) groups excluding carboxylic acids is 1. The van der Waals surface area contributed by atoms with Gasteiger partial charge in [-0.3, -0.25) is 4.79 Å². The maximum atomic E-state index is 12.1. The first-order valence-corrected chi connectivity index (χ1v) is 6.88. The van der Waals surface area contributed by atoms with Gasteiger partial charge in [0.1, 0.15) is 11.8 Å². The molecule has 5 heteroatoms. The summed E-state index contributed by atoms with van der Waals surface area (Å²) in [7, 11) is 0. The number of para-hydroxylation sites is 1. The van der Waals surface area contributed by atoms with E-state index in [2.05, 4.69) is 0 Å². The number of hydrogen-bond acceptors (Lipinski definition) is 3. The molecular weight excluding hydrogens is 258 g/mol. The number of likely N-dealkylation sites (tertiary alicyclic amines) is 1. The molecular formula is C15H19NO4. The first-order chi connectivity index (χ1) is 9.68. The van der Waals surface area contributed by atoms with Gasteiger partial charge in [-0.25, -0.2) is 4.79 Å². The number of carbonyl (C=O) groups is 2. The summed E-state index contributed by atoms with van der Waals surface area (Å²) in [5, 5.41) is 9.14. The molecule has 5 nitrogen and oxygen atoms in total. The van der Waals surface area contributed by atoms with Gasteiger partial charge in [-0.2, -0.15) is 0 Å². The lowest BCUT2D eigenvalue weighted by molar-refractivity contribution is -0.152. The first kappa shape index (κ1) is 14.4. The molecule has 1 N–H and O–H groups in total. The van der Waals surface area contributed by atoms with Crippen molar-refractivity contribution in [3.8, 4) is 5.75 Å². The second-order valence-electron chi connectivity index (χ2n) is 4.85. The summed E-state index contributed by atoms with van der Waals surface area (Å²) in [6, 6.07) is 8.60. The Morgan fingerprint density at radius 3 is 2.70 bits per heavy atom. The fourth-order valence-corrected chi connectivity index (χ4v) is 2.40. The zero-order valence-corrected chi connectivity index (χ0v) is 11.3. The summed E-state index contributed by atoms with van der Waals surface area (Å²) >= 11 is 0. The fourth-order valence-electron chi connectivity index (χ4n) is 2.40. The van der Waals surface area contributed by atoms with Gasteiger partial charge >= 0.3 is 5.97 Å². The molecule has 1 aromatic rings. The molecule has 1 fully saturated rings. The molecule has 108 valence electrons. The number of carboxylic acid groups (broad SMARTS) is 1. The maximum absolute atomic E-state index is 12.1. The quantitative estimate of drug-likeness (QED) is 0.893. The Labute approximate surface area is 118 Å². The third-order valence-electron chi connectivity index (χ3n) is 3.44. The van der Waals surface area contributed by atoms with Crippen molar-refractivity contribution in [1.29, 1.82) is 0 Å². The van der Waals surface area contributed by atoms with Gasteiger partial charge in [-0.05, 0) is 31.4 Å². The highest BCUT2D eigenvalue weighted by Gasteiger charge is 2.31. The summed E-state index contributed by atoms with van der Waals surface area (Å²) in [5.74, 6) is -0.344. The highest BCUT2D eigenvalue weighted by atomic mass is 16.5. The van der Waals surface area contributed by atoms with E-state index in [4.69, 9.17) is 9.84 Å². The lowest BCUT2D eigenvalue weighted by Crippen LogP contribution is -2.48. The Bertz CT molecular complexity index is 460. The van der Waals surface area contributed by atoms with Gasteiger partial charge in [0.25, 0.3) is 0 Å². The minimum Gasteiger partial charge on any atom is -0.493 e. The van der Waals surface area contributed by atoms with Crippen LogP contribution in [-0.4, -0.2) is 41.1 Å². The van der Waals surface area contributed by atoms with E-state index >= 15 is 0 Å². The zero-order valence-electron chi connectivity index (χ0n) is 11.3. The van der Waals surface area contributed by atoms with Crippen molar-refractivity contribution in [3.63, 3.8) is 0 Å². The van der Waals surface area contributed by atoms with E-state index in [-0.39, 0.29) is 18.9 Å². The number of aliphatic carboxylic acids is 1. The summed E-state index contributed by atoms with van der Waals surface area (Å²) in [5.41, 5.74) is 0. The van der Waals surface area contributed by atoms with Crippen LogP contribution < -0.4 is 4.74 Å². The Kier molecular flexibility index (Phi) is 4.98. The topological polar surface area (TPSA) is 66.8 Å². The minimum atomic E-state index is -0.915. The third kappa shape index (κ3) is 3.73. The van der Waals surface area contributed by atoms with Crippen LogP contribution >= 0.6 is 0 Å². The Morgan fingerprint density at radius 2 is 2.00 bits per heavy atom. The Hall–Kier alpha value is -2.04. The monoisotopic (exact) mass is 277 g/mol. The number of amides is 1. The second kappa shape index (κ2) is 6.93. The first-order valence-electron chi connectivity index (χ1n) is 6.88. The molecule has 1 atom stereocenters. The normalized spacial score (nSPS) is 18.6. The van der Waals surface area contributed by atoms with Gasteiger partial charge in [-0.15, -0.1) is 0 Å². The maximum Gasteiger partial charge on any atom is 0.326 e. The van der Waals surface area contributed by atoms with E-state index in [0.717, 1.165) is 12.8 Å². The average Bonchev–Trinajstić information content (AvgIpc) is 2.48. The van der Waals surface area contributed by atoms with Crippen molar-refractivity contribution in [2.45, 2.75) is 31.7 Å². The number of piperidine rings is 1. The molecule has 1 heterocycles. The van der Waals surface area contributed by atoms with Crippen molar-refractivity contribution >= 4 is 11.9 Å². The summed E-state index contributed by atoms with van der Waals surface area (Å²) < 4.78 is 5.47. The molecule has 0 unspecified atom stereocenters. The number of rotatable bonds is 5. The van der Waals surface area contributed by atoms with Gasteiger partial charge in [0.05, 0.1) is 13.0 Å². The minimum absolute atomic E-state index is 0.145. The number of hydrogen-bond donors (Lipinski definition) is 1. The molecule has 0 aromatic heterocycles. The van der Waals surface area contributed by atoms with Crippen molar-refractivity contribution in [3.05, 3.63) is 30.3 Å². The molecule has 0 saturated carbocycles. The molecule has 1 aliphatic heterocycles. The van der Waals surface area contributed by atoms with Gasteiger partial charge < -0.3 is 14.7 Å². The molecule has 20 heavy (non-hydrogen) atoms. The number of carboxylic acids is 1. The van der Waals surface area contributed by atoms with E-state index in [1.807, 2.05) is 30.3 Å². The average molecular weight is 277 g/mol. The van der Waals surface area contributed by atoms with Gasteiger partial charge in [-0.1, -0.05) is 18.2 Å². The molecule has 0 bridgehead atoms. The Morgan fingerprint density at radius 1 is 1.25 bits per heavy atom. The lowest BCUT2D eigenvalue weighted by Gasteiger charge is -2.33. The standard InChI is InChI=1S/C15H19NO4/c17-14(9-11-20-12-6-2-1-3-7-12)16-10-5-4-8-13(16)15(18)19/h1-3,6-7,13H,4-5,8-11H2,(H,18,19)/t13-/m1/s1. The molecule has 1 aromatic carbocycles. The Balaban J connectivity index is 1.83. The molecule has 1 saturated heterocycles. The predicted molar refractivity (Wildman–Crippen MR) is 73.5 cm³/mol. The number of benzene rings is 1. The van der Waals surface area contributed by atoms with Gasteiger partial charge in [0.2, 0.25) is 5.91 Å². The van der Waals surface area contributed by atoms with Crippen LogP contribution in [0.2, 0.25) is 0 Å². The van der Waals surface area contributed by atoms with Crippen LogP contribution in [-0.2, 0) is 9.59 Å². The molecule has 0 spiro atoms. The number of nitrogens with zero attached hydrogens (tertiary/aromatic N) is 1. The van der Waals surface area contributed by atoms with E-state index in [1.54, 1.807) is 0 Å². The largest absolute Gasteiger partial charge is 0.493 e. The van der Waals surface area contributed by atoms with Crippen LogP contribution in [0.15, 0.2) is 30.3 Å². The molecule has 2 rings (SSSR count). The van der Waals surface area contributed by atoms with Crippen LogP contribution in [0.4, 0.5) is 0 Å². The van der Waals surface area contributed by atoms with Crippen LogP contribution in [0.5, 0.6) is 5.75 Å². The summed E-state index contributed by atoms with van der Waals surface area (Å²) in [6.07, 6.45) is 2.48. The molecule has 0 radical (unpaired) electrons. The molecule has 1 aliphatic rings. The van der Waals surface area contributed by atoms with Gasteiger partial charge in [0.15, 0.2) is 0 Å². The highest BCUT2D eigenvalue weighted by Crippen LogP contribution is 2.18. The van der Waals surface area contributed by atoms with Gasteiger partial charge in [0, 0.05) is 6.54 Å². The summed E-state index contributed by atoms with van der Waals surface area (Å²) in [4.78, 5) is 24.7. The van der Waals surface area contributed by atoms with E-state index < -0.39 is 12.0 Å². The van der Waals surface area contributed by atoms with E-state index in [1.165, 1.54) is 4.90 Å². The third-order valence-corrected chi connectivity index (χ3v) is 3.44. The van der Waals surface area contributed by atoms with Crippen molar-refractivity contribution in [2.75, 3.05) is 13.2 Å². The van der Waals surface area contributed by atoms with Crippen LogP contribution in [0.1, 0.15) is 25.7 Å². The van der Waals surface area contributed by atoms with E-state index in [0.29, 0.717) is 18.7 Å². The second-order valence-corrected chi connectivity index (χ2v) is 4.85.